The van der Waals surface area contributed by atoms with Gasteiger partial charge >= 0.3 is 0 Å². The van der Waals surface area contributed by atoms with Gasteiger partial charge in [-0.1, -0.05) is 32.0 Å². The van der Waals surface area contributed by atoms with Crippen molar-refractivity contribution < 1.29 is 8.42 Å². The van der Waals surface area contributed by atoms with E-state index in [1.54, 1.807) is 24.3 Å². The molecule has 0 unspecified atom stereocenters. The van der Waals surface area contributed by atoms with Gasteiger partial charge in [-0.15, -0.1) is 0 Å². The van der Waals surface area contributed by atoms with Crippen LogP contribution < -0.4 is 4.72 Å². The van der Waals surface area contributed by atoms with E-state index in [1.165, 1.54) is 0 Å². The SMILES string of the molecule is CCc1cccc(CC)c1NS(=O)(=O)c1ccc(I)cc1. The lowest BCUT2D eigenvalue weighted by Gasteiger charge is -2.15. The summed E-state index contributed by atoms with van der Waals surface area (Å²) in [7, 11) is -3.55. The van der Waals surface area contributed by atoms with E-state index in [9.17, 15) is 8.42 Å². The fraction of sp³-hybridized carbons (Fsp3) is 0.250. The molecule has 0 heterocycles. The lowest BCUT2D eigenvalue weighted by atomic mass is 10.0. The molecule has 0 bridgehead atoms. The van der Waals surface area contributed by atoms with Gasteiger partial charge < -0.3 is 0 Å². The first-order chi connectivity index (χ1) is 9.97. The Labute approximate surface area is 140 Å². The summed E-state index contributed by atoms with van der Waals surface area (Å²) in [6, 6.07) is 12.7. The number of para-hydroxylation sites is 1. The Morgan fingerprint density at radius 3 is 1.95 bits per heavy atom. The Bertz CT molecular complexity index is 702. The molecule has 2 aromatic rings. The second kappa shape index (κ2) is 6.79. The Morgan fingerprint density at radius 2 is 1.48 bits per heavy atom. The Morgan fingerprint density at radius 1 is 0.952 bits per heavy atom. The Hall–Kier alpha value is -1.08. The Kier molecular flexibility index (Phi) is 5.27. The minimum atomic E-state index is -3.55. The van der Waals surface area contributed by atoms with Crippen LogP contribution in [0.15, 0.2) is 47.4 Å². The van der Waals surface area contributed by atoms with E-state index in [2.05, 4.69) is 27.3 Å². The van der Waals surface area contributed by atoms with Crippen LogP contribution in [-0.2, 0) is 22.9 Å². The third-order valence-corrected chi connectivity index (χ3v) is 5.44. The number of aryl methyl sites for hydroxylation is 2. The van der Waals surface area contributed by atoms with Crippen LogP contribution in [0.1, 0.15) is 25.0 Å². The van der Waals surface area contributed by atoms with Crippen molar-refractivity contribution in [2.24, 2.45) is 0 Å². The molecule has 0 saturated heterocycles. The van der Waals surface area contributed by atoms with Gasteiger partial charge in [-0.3, -0.25) is 4.72 Å². The summed E-state index contributed by atoms with van der Waals surface area (Å²) in [6.07, 6.45) is 1.58. The first kappa shape index (κ1) is 16.3. The topological polar surface area (TPSA) is 46.2 Å². The lowest BCUT2D eigenvalue weighted by Crippen LogP contribution is -2.15. The van der Waals surface area contributed by atoms with Crippen molar-refractivity contribution in [3.8, 4) is 0 Å². The molecule has 0 atom stereocenters. The fourth-order valence-electron chi connectivity index (χ4n) is 2.18. The number of halogens is 1. The van der Waals surface area contributed by atoms with E-state index >= 15 is 0 Å². The van der Waals surface area contributed by atoms with Crippen molar-refractivity contribution >= 4 is 38.3 Å². The van der Waals surface area contributed by atoms with E-state index in [1.807, 2.05) is 32.0 Å². The summed E-state index contributed by atoms with van der Waals surface area (Å²) < 4.78 is 28.8. The molecule has 0 radical (unpaired) electrons. The molecule has 3 nitrogen and oxygen atoms in total. The number of benzene rings is 2. The Balaban J connectivity index is 2.43. The first-order valence-electron chi connectivity index (χ1n) is 6.87. The van der Waals surface area contributed by atoms with Crippen molar-refractivity contribution in [2.45, 2.75) is 31.6 Å². The minimum Gasteiger partial charge on any atom is -0.279 e. The van der Waals surface area contributed by atoms with Gasteiger partial charge in [-0.05, 0) is 70.8 Å². The highest BCUT2D eigenvalue weighted by molar-refractivity contribution is 14.1. The third-order valence-electron chi connectivity index (χ3n) is 3.36. The number of rotatable bonds is 5. The maximum absolute atomic E-state index is 12.5. The summed E-state index contributed by atoms with van der Waals surface area (Å²) >= 11 is 2.16. The minimum absolute atomic E-state index is 0.288. The molecule has 2 aromatic carbocycles. The molecule has 0 aliphatic carbocycles. The van der Waals surface area contributed by atoms with Gasteiger partial charge in [0.05, 0.1) is 10.6 Å². The maximum atomic E-state index is 12.5. The van der Waals surface area contributed by atoms with Crippen molar-refractivity contribution in [1.29, 1.82) is 0 Å². The molecule has 1 N–H and O–H groups in total. The number of anilines is 1. The van der Waals surface area contributed by atoms with Crippen molar-refractivity contribution in [1.82, 2.24) is 0 Å². The highest BCUT2D eigenvalue weighted by Crippen LogP contribution is 2.26. The third kappa shape index (κ3) is 3.77. The lowest BCUT2D eigenvalue weighted by molar-refractivity contribution is 0.601. The van der Waals surface area contributed by atoms with Crippen LogP contribution in [0.4, 0.5) is 5.69 Å². The van der Waals surface area contributed by atoms with Crippen LogP contribution >= 0.6 is 22.6 Å². The van der Waals surface area contributed by atoms with Crippen LogP contribution in [0.2, 0.25) is 0 Å². The molecule has 112 valence electrons. The molecule has 0 aliphatic heterocycles. The number of hydrogen-bond donors (Lipinski definition) is 1. The second-order valence-electron chi connectivity index (χ2n) is 4.72. The van der Waals surface area contributed by atoms with Gasteiger partial charge in [0.25, 0.3) is 10.0 Å². The predicted molar refractivity (Wildman–Crippen MR) is 95.2 cm³/mol. The zero-order valence-corrected chi connectivity index (χ0v) is 15.0. The van der Waals surface area contributed by atoms with E-state index < -0.39 is 10.0 Å². The van der Waals surface area contributed by atoms with Gasteiger partial charge in [0.1, 0.15) is 0 Å². The van der Waals surface area contributed by atoms with E-state index in [0.717, 1.165) is 33.2 Å². The molecular weight excluding hydrogens is 397 g/mol. The number of sulfonamides is 1. The average molecular weight is 415 g/mol. The van der Waals surface area contributed by atoms with Crippen molar-refractivity contribution in [3.63, 3.8) is 0 Å². The fourth-order valence-corrected chi connectivity index (χ4v) is 3.68. The van der Waals surface area contributed by atoms with Gasteiger partial charge in [-0.2, -0.15) is 0 Å². The molecule has 0 saturated carbocycles. The monoisotopic (exact) mass is 415 g/mol. The quantitative estimate of drug-likeness (QED) is 0.744. The molecule has 0 amide bonds. The molecule has 2 rings (SSSR count). The van der Waals surface area contributed by atoms with Gasteiger partial charge in [0.2, 0.25) is 0 Å². The maximum Gasteiger partial charge on any atom is 0.261 e. The predicted octanol–water partition coefficient (Wildman–Crippen LogP) is 4.22. The number of hydrogen-bond acceptors (Lipinski definition) is 2. The van der Waals surface area contributed by atoms with Crippen LogP contribution in [0.25, 0.3) is 0 Å². The average Bonchev–Trinajstić information content (AvgIpc) is 2.47. The van der Waals surface area contributed by atoms with E-state index in [0.29, 0.717) is 0 Å². The smallest absolute Gasteiger partial charge is 0.261 e. The van der Waals surface area contributed by atoms with Crippen molar-refractivity contribution in [3.05, 3.63) is 57.2 Å². The molecule has 0 aromatic heterocycles. The summed E-state index contributed by atoms with van der Waals surface area (Å²) in [4.78, 5) is 0.288. The molecule has 0 aliphatic rings. The zero-order chi connectivity index (χ0) is 15.5. The van der Waals surface area contributed by atoms with Gasteiger partial charge in [0, 0.05) is 3.57 Å². The van der Waals surface area contributed by atoms with Gasteiger partial charge in [0.15, 0.2) is 0 Å². The van der Waals surface area contributed by atoms with Crippen LogP contribution in [0.5, 0.6) is 0 Å². The van der Waals surface area contributed by atoms with Crippen LogP contribution in [0.3, 0.4) is 0 Å². The van der Waals surface area contributed by atoms with Crippen molar-refractivity contribution in [2.75, 3.05) is 4.72 Å². The summed E-state index contributed by atoms with van der Waals surface area (Å²) in [6.45, 7) is 4.05. The molecular formula is C16H18INO2S. The zero-order valence-electron chi connectivity index (χ0n) is 12.1. The van der Waals surface area contributed by atoms with E-state index in [4.69, 9.17) is 0 Å². The van der Waals surface area contributed by atoms with E-state index in [-0.39, 0.29) is 4.90 Å². The molecule has 0 spiro atoms. The normalized spacial score (nSPS) is 11.4. The summed E-state index contributed by atoms with van der Waals surface area (Å²) in [5, 5.41) is 0. The van der Waals surface area contributed by atoms with Gasteiger partial charge in [-0.25, -0.2) is 8.42 Å². The van der Waals surface area contributed by atoms with Crippen LogP contribution in [-0.4, -0.2) is 8.42 Å². The van der Waals surface area contributed by atoms with Crippen LogP contribution in [0, 0.1) is 3.57 Å². The highest BCUT2D eigenvalue weighted by Gasteiger charge is 2.17. The standard InChI is InChI=1S/C16H18INO2S/c1-3-12-6-5-7-13(4-2)16(12)18-21(19,20)15-10-8-14(17)9-11-15/h5-11,18H,3-4H2,1-2H3. The summed E-state index contributed by atoms with van der Waals surface area (Å²) in [5.41, 5.74) is 2.76. The summed E-state index contributed by atoms with van der Waals surface area (Å²) in [5.74, 6) is 0. The second-order valence-corrected chi connectivity index (χ2v) is 7.65. The highest BCUT2D eigenvalue weighted by atomic mass is 127. The largest absolute Gasteiger partial charge is 0.279 e. The molecule has 5 heteroatoms. The number of nitrogens with one attached hydrogen (secondary N) is 1. The first-order valence-corrected chi connectivity index (χ1v) is 9.43. The molecule has 0 fully saturated rings. The molecule has 21 heavy (non-hydrogen) atoms.